The number of thioether (sulfide) groups is 1. The molecule has 0 saturated carbocycles. The maximum Gasteiger partial charge on any atom is 0.252 e. The highest BCUT2D eigenvalue weighted by molar-refractivity contribution is 7.98. The van der Waals surface area contributed by atoms with Gasteiger partial charge in [-0.05, 0) is 43.2 Å². The zero-order valence-electron chi connectivity index (χ0n) is 12.4. The Hall–Kier alpha value is -0.710. The van der Waals surface area contributed by atoms with Crippen molar-refractivity contribution in [2.24, 2.45) is 5.41 Å². The molecule has 0 radical (unpaired) electrons. The number of hydrogen-bond acceptors (Lipinski definition) is 3. The Bertz CT molecular complexity index is 475. The third kappa shape index (κ3) is 5.35. The van der Waals surface area contributed by atoms with Crippen LogP contribution in [0.5, 0.6) is 0 Å². The molecule has 0 fully saturated rings. The van der Waals surface area contributed by atoms with Crippen LogP contribution in [0.1, 0.15) is 37.6 Å². The lowest BCUT2D eigenvalue weighted by atomic mass is 9.87. The van der Waals surface area contributed by atoms with Crippen LogP contribution in [0.25, 0.3) is 0 Å². The summed E-state index contributed by atoms with van der Waals surface area (Å²) >= 11 is 7.64. The van der Waals surface area contributed by atoms with Crippen LogP contribution >= 0.6 is 23.4 Å². The molecule has 3 nitrogen and oxygen atoms in total. The number of carbonyl (C=O) groups is 1. The van der Waals surface area contributed by atoms with Gasteiger partial charge in [-0.15, -0.1) is 11.8 Å². The van der Waals surface area contributed by atoms with Gasteiger partial charge in [0, 0.05) is 11.4 Å². The molecule has 112 valence electrons. The minimum Gasteiger partial charge on any atom is -0.393 e. The highest BCUT2D eigenvalue weighted by Gasteiger charge is 2.22. The van der Waals surface area contributed by atoms with Crippen molar-refractivity contribution in [2.75, 3.05) is 12.8 Å². The smallest absolute Gasteiger partial charge is 0.252 e. The average Bonchev–Trinajstić information content (AvgIpc) is 2.35. The topological polar surface area (TPSA) is 49.3 Å². The van der Waals surface area contributed by atoms with Gasteiger partial charge in [0.15, 0.2) is 0 Å². The number of amides is 1. The molecule has 0 saturated heterocycles. The highest BCUT2D eigenvalue weighted by atomic mass is 35.5. The standard InChI is InChI=1S/C15H22ClNO2S/c1-10(18)8-15(2,3)9-17-14(19)12-7-11(20-4)5-6-13(12)16/h5-7,10,18H,8-9H2,1-4H3,(H,17,19). The molecule has 0 aliphatic carbocycles. The van der Waals surface area contributed by atoms with E-state index in [2.05, 4.69) is 5.32 Å². The highest BCUT2D eigenvalue weighted by Crippen LogP contribution is 2.24. The van der Waals surface area contributed by atoms with E-state index in [1.165, 1.54) is 0 Å². The Labute approximate surface area is 130 Å². The first-order valence-corrected chi connectivity index (χ1v) is 8.15. The van der Waals surface area contributed by atoms with E-state index in [9.17, 15) is 9.90 Å². The van der Waals surface area contributed by atoms with Crippen LogP contribution in [0, 0.1) is 5.41 Å². The molecule has 1 rings (SSSR count). The van der Waals surface area contributed by atoms with Crippen LogP contribution in [0.2, 0.25) is 5.02 Å². The summed E-state index contributed by atoms with van der Waals surface area (Å²) in [5.74, 6) is -0.176. The average molecular weight is 316 g/mol. The second-order valence-corrected chi connectivity index (χ2v) is 7.03. The van der Waals surface area contributed by atoms with E-state index < -0.39 is 0 Å². The molecule has 0 aliphatic rings. The van der Waals surface area contributed by atoms with Gasteiger partial charge in [0.25, 0.3) is 5.91 Å². The van der Waals surface area contributed by atoms with Crippen LogP contribution in [-0.4, -0.2) is 29.9 Å². The fourth-order valence-corrected chi connectivity index (χ4v) is 2.74. The van der Waals surface area contributed by atoms with Gasteiger partial charge in [-0.2, -0.15) is 0 Å². The van der Waals surface area contributed by atoms with Crippen molar-refractivity contribution in [1.82, 2.24) is 5.32 Å². The summed E-state index contributed by atoms with van der Waals surface area (Å²) in [6.45, 7) is 6.28. The van der Waals surface area contributed by atoms with E-state index in [1.54, 1.807) is 30.8 Å². The van der Waals surface area contributed by atoms with Crippen LogP contribution < -0.4 is 5.32 Å². The van der Waals surface area contributed by atoms with Gasteiger partial charge in [0.05, 0.1) is 16.7 Å². The van der Waals surface area contributed by atoms with Crippen molar-refractivity contribution in [3.63, 3.8) is 0 Å². The predicted octanol–water partition coefficient (Wildman–Crippen LogP) is 3.59. The number of rotatable bonds is 6. The molecule has 1 atom stereocenters. The van der Waals surface area contributed by atoms with Crippen LogP contribution in [0.3, 0.4) is 0 Å². The Morgan fingerprint density at radius 3 is 2.70 bits per heavy atom. The maximum atomic E-state index is 12.2. The first-order valence-electron chi connectivity index (χ1n) is 6.55. The minimum absolute atomic E-state index is 0.159. The summed E-state index contributed by atoms with van der Waals surface area (Å²) in [4.78, 5) is 13.2. The van der Waals surface area contributed by atoms with Crippen molar-refractivity contribution < 1.29 is 9.90 Å². The molecule has 0 bridgehead atoms. The summed E-state index contributed by atoms with van der Waals surface area (Å²) in [5, 5.41) is 12.8. The third-order valence-electron chi connectivity index (χ3n) is 2.99. The SMILES string of the molecule is CSc1ccc(Cl)c(C(=O)NCC(C)(C)CC(C)O)c1. The van der Waals surface area contributed by atoms with Gasteiger partial charge < -0.3 is 10.4 Å². The van der Waals surface area contributed by atoms with E-state index >= 15 is 0 Å². The van der Waals surface area contributed by atoms with Crippen LogP contribution in [0.15, 0.2) is 23.1 Å². The number of hydrogen-bond donors (Lipinski definition) is 2. The molecule has 0 aromatic heterocycles. The zero-order valence-corrected chi connectivity index (χ0v) is 13.9. The second-order valence-electron chi connectivity index (χ2n) is 5.75. The van der Waals surface area contributed by atoms with Crippen molar-refractivity contribution in [3.05, 3.63) is 28.8 Å². The molecule has 1 amide bonds. The fourth-order valence-electron chi connectivity index (χ4n) is 2.09. The normalized spacial score (nSPS) is 13.1. The second kappa shape index (κ2) is 7.34. The molecule has 5 heteroatoms. The Kier molecular flexibility index (Phi) is 6.37. The van der Waals surface area contributed by atoms with Gasteiger partial charge in [-0.1, -0.05) is 25.4 Å². The molecule has 1 aromatic carbocycles. The lowest BCUT2D eigenvalue weighted by Crippen LogP contribution is -2.35. The summed E-state index contributed by atoms with van der Waals surface area (Å²) in [6.07, 6.45) is 2.20. The first-order chi connectivity index (χ1) is 9.25. The quantitative estimate of drug-likeness (QED) is 0.789. The summed E-state index contributed by atoms with van der Waals surface area (Å²) in [6, 6.07) is 5.43. The number of halogens is 1. The van der Waals surface area contributed by atoms with E-state index in [-0.39, 0.29) is 17.4 Å². The van der Waals surface area contributed by atoms with Crippen molar-refractivity contribution in [1.29, 1.82) is 0 Å². The first kappa shape index (κ1) is 17.3. The number of benzene rings is 1. The number of carbonyl (C=O) groups excluding carboxylic acids is 1. The van der Waals surface area contributed by atoms with Crippen LogP contribution in [0.4, 0.5) is 0 Å². The Morgan fingerprint density at radius 2 is 2.15 bits per heavy atom. The molecule has 1 unspecified atom stereocenters. The molecule has 0 spiro atoms. The molecule has 0 heterocycles. The lowest BCUT2D eigenvalue weighted by Gasteiger charge is -2.26. The van der Waals surface area contributed by atoms with E-state index in [1.807, 2.05) is 26.2 Å². The van der Waals surface area contributed by atoms with Gasteiger partial charge in [0.2, 0.25) is 0 Å². The fraction of sp³-hybridized carbons (Fsp3) is 0.533. The van der Waals surface area contributed by atoms with Gasteiger partial charge in [0.1, 0.15) is 0 Å². The van der Waals surface area contributed by atoms with E-state index in [4.69, 9.17) is 11.6 Å². The van der Waals surface area contributed by atoms with Gasteiger partial charge in [-0.3, -0.25) is 4.79 Å². The maximum absolute atomic E-state index is 12.2. The molecule has 20 heavy (non-hydrogen) atoms. The third-order valence-corrected chi connectivity index (χ3v) is 4.05. The predicted molar refractivity (Wildman–Crippen MR) is 85.6 cm³/mol. The van der Waals surface area contributed by atoms with Crippen LogP contribution in [-0.2, 0) is 0 Å². The minimum atomic E-state index is -0.384. The number of nitrogens with one attached hydrogen (secondary N) is 1. The lowest BCUT2D eigenvalue weighted by molar-refractivity contribution is 0.0902. The van der Waals surface area contributed by atoms with Crippen molar-refractivity contribution in [2.45, 2.75) is 38.2 Å². The molecule has 2 N–H and O–H groups in total. The monoisotopic (exact) mass is 315 g/mol. The number of aliphatic hydroxyl groups excluding tert-OH is 1. The molecule has 1 aromatic rings. The van der Waals surface area contributed by atoms with Crippen molar-refractivity contribution >= 4 is 29.3 Å². The molecule has 0 aliphatic heterocycles. The Morgan fingerprint density at radius 1 is 1.50 bits per heavy atom. The summed E-state index contributed by atoms with van der Waals surface area (Å²) in [5.41, 5.74) is 0.333. The summed E-state index contributed by atoms with van der Waals surface area (Å²) < 4.78 is 0. The van der Waals surface area contributed by atoms with Crippen molar-refractivity contribution in [3.8, 4) is 0 Å². The van der Waals surface area contributed by atoms with Gasteiger partial charge >= 0.3 is 0 Å². The molecular formula is C15H22ClNO2S. The summed E-state index contributed by atoms with van der Waals surface area (Å²) in [7, 11) is 0. The largest absolute Gasteiger partial charge is 0.393 e. The van der Waals surface area contributed by atoms with E-state index in [0.29, 0.717) is 23.6 Å². The van der Waals surface area contributed by atoms with Gasteiger partial charge in [-0.25, -0.2) is 0 Å². The van der Waals surface area contributed by atoms with E-state index in [0.717, 1.165) is 4.90 Å². The Balaban J connectivity index is 2.72. The zero-order chi connectivity index (χ0) is 15.3. The number of aliphatic hydroxyl groups is 1. The molecular weight excluding hydrogens is 294 g/mol.